The van der Waals surface area contributed by atoms with Gasteiger partial charge in [0.2, 0.25) is 0 Å². The fourth-order valence-corrected chi connectivity index (χ4v) is 4.83. The van der Waals surface area contributed by atoms with Crippen LogP contribution in [0.25, 0.3) is 0 Å². The van der Waals surface area contributed by atoms with Gasteiger partial charge in [-0.05, 0) is 37.7 Å². The van der Waals surface area contributed by atoms with Crippen LogP contribution in [0, 0.1) is 5.82 Å². The number of ether oxygens (including phenoxy) is 1. The van der Waals surface area contributed by atoms with Gasteiger partial charge in [-0.15, -0.1) is 0 Å². The van der Waals surface area contributed by atoms with Gasteiger partial charge in [-0.2, -0.15) is 8.42 Å². The molecule has 6 nitrogen and oxygen atoms in total. The van der Waals surface area contributed by atoms with Crippen molar-refractivity contribution in [2.24, 2.45) is 0 Å². The Kier molecular flexibility index (Phi) is 5.45. The van der Waals surface area contributed by atoms with Crippen LogP contribution in [-0.2, 0) is 14.9 Å². The summed E-state index contributed by atoms with van der Waals surface area (Å²) in [5.41, 5.74) is 0.996. The molecule has 0 saturated carbocycles. The average Bonchev–Trinajstić information content (AvgIpc) is 2.85. The van der Waals surface area contributed by atoms with E-state index in [1.165, 1.54) is 22.5 Å². The number of para-hydroxylation sites is 3. The number of hydrogen-bond donors (Lipinski definition) is 1. The predicted molar refractivity (Wildman–Crippen MR) is 101 cm³/mol. The van der Waals surface area contributed by atoms with E-state index in [2.05, 4.69) is 5.32 Å². The van der Waals surface area contributed by atoms with Gasteiger partial charge in [-0.3, -0.25) is 4.31 Å². The highest BCUT2D eigenvalue weighted by Gasteiger charge is 2.42. The summed E-state index contributed by atoms with van der Waals surface area (Å²) in [5.74, 6) is -0.585. The second-order valence-electron chi connectivity index (χ2n) is 5.99. The molecule has 1 N–H and O–H groups in total. The number of rotatable bonds is 7. The Labute approximate surface area is 153 Å². The Balaban J connectivity index is 1.99. The summed E-state index contributed by atoms with van der Waals surface area (Å²) in [6, 6.07) is 12.8. The molecule has 0 saturated heterocycles. The maximum absolute atomic E-state index is 14.3. The van der Waals surface area contributed by atoms with Crippen LogP contribution >= 0.6 is 0 Å². The van der Waals surface area contributed by atoms with Crippen LogP contribution in [0.1, 0.15) is 6.42 Å². The van der Waals surface area contributed by atoms with E-state index >= 15 is 0 Å². The Hall–Kier alpha value is -2.16. The number of likely N-dealkylation sites (N-methyl/N-ethyl adjacent to an activating group) is 1. The molecule has 1 aliphatic heterocycles. The molecule has 1 aliphatic rings. The number of fused-ring (bicyclic) bond motifs is 1. The van der Waals surface area contributed by atoms with Gasteiger partial charge < -0.3 is 10.1 Å². The van der Waals surface area contributed by atoms with E-state index in [1.807, 2.05) is 7.05 Å². The quantitative estimate of drug-likeness (QED) is 0.803. The van der Waals surface area contributed by atoms with Crippen LogP contribution < -0.4 is 13.9 Å². The third-order valence-electron chi connectivity index (χ3n) is 4.37. The van der Waals surface area contributed by atoms with Crippen molar-refractivity contribution in [2.45, 2.75) is 12.5 Å². The largest absolute Gasteiger partial charge is 0.380 e. The second-order valence-corrected chi connectivity index (χ2v) is 7.69. The molecule has 2 aromatic carbocycles. The lowest BCUT2D eigenvalue weighted by Gasteiger charge is -2.23. The number of anilines is 3. The normalized spacial score (nSPS) is 16.6. The van der Waals surface area contributed by atoms with Gasteiger partial charge in [0.05, 0.1) is 23.2 Å². The topological polar surface area (TPSA) is 61.9 Å². The fraction of sp³-hybridized carbons (Fsp3) is 0.333. The maximum atomic E-state index is 14.3. The summed E-state index contributed by atoms with van der Waals surface area (Å²) in [6.45, 7) is 0.855. The lowest BCUT2D eigenvalue weighted by molar-refractivity contribution is 0.0985. The minimum atomic E-state index is -3.93. The summed E-state index contributed by atoms with van der Waals surface area (Å²) < 4.78 is 48.5. The summed E-state index contributed by atoms with van der Waals surface area (Å²) in [7, 11) is -0.520. The molecular formula is C18H22FN3O3S. The van der Waals surface area contributed by atoms with Crippen molar-refractivity contribution in [3.63, 3.8) is 0 Å². The van der Waals surface area contributed by atoms with E-state index in [1.54, 1.807) is 37.4 Å². The zero-order valence-electron chi connectivity index (χ0n) is 14.7. The fourth-order valence-electron chi connectivity index (χ4n) is 3.09. The number of benzene rings is 2. The zero-order chi connectivity index (χ0) is 18.7. The third kappa shape index (κ3) is 3.27. The molecule has 8 heteroatoms. The lowest BCUT2D eigenvalue weighted by Crippen LogP contribution is -2.38. The smallest absolute Gasteiger partial charge is 0.331 e. The van der Waals surface area contributed by atoms with E-state index in [0.29, 0.717) is 24.3 Å². The molecule has 0 aromatic heterocycles. The molecule has 0 fully saturated rings. The van der Waals surface area contributed by atoms with Gasteiger partial charge in [0.25, 0.3) is 0 Å². The number of halogens is 1. The summed E-state index contributed by atoms with van der Waals surface area (Å²) in [4.78, 5) is 0. The van der Waals surface area contributed by atoms with E-state index < -0.39 is 16.0 Å². The summed E-state index contributed by atoms with van der Waals surface area (Å²) in [6.07, 6.45) is 0.389. The molecule has 3 rings (SSSR count). The number of nitrogens with one attached hydrogen (secondary N) is 1. The first-order chi connectivity index (χ1) is 12.5. The Morgan fingerprint density at radius 1 is 1.08 bits per heavy atom. The highest BCUT2D eigenvalue weighted by molar-refractivity contribution is 7.95. The SMILES string of the molecule is CNC[C@H](CCN1c2ccccc2N(c2ccccc2F)S1(=O)=O)OC. The maximum Gasteiger partial charge on any atom is 0.331 e. The first-order valence-corrected chi connectivity index (χ1v) is 9.74. The van der Waals surface area contributed by atoms with Crippen molar-refractivity contribution >= 4 is 27.3 Å². The Morgan fingerprint density at radius 3 is 2.31 bits per heavy atom. The lowest BCUT2D eigenvalue weighted by atomic mass is 10.2. The van der Waals surface area contributed by atoms with Crippen molar-refractivity contribution in [3.05, 3.63) is 54.3 Å². The van der Waals surface area contributed by atoms with Crippen LogP contribution in [-0.4, -0.2) is 41.8 Å². The molecule has 0 aliphatic carbocycles. The molecule has 0 radical (unpaired) electrons. The summed E-state index contributed by atoms with van der Waals surface area (Å²) in [5, 5.41) is 3.02. The molecule has 1 heterocycles. The van der Waals surface area contributed by atoms with E-state index in [0.717, 1.165) is 4.31 Å². The van der Waals surface area contributed by atoms with Crippen molar-refractivity contribution < 1.29 is 17.5 Å². The number of hydrogen-bond acceptors (Lipinski definition) is 4. The van der Waals surface area contributed by atoms with E-state index in [4.69, 9.17) is 4.74 Å². The highest BCUT2D eigenvalue weighted by Crippen LogP contribution is 2.45. The first-order valence-electron chi connectivity index (χ1n) is 8.34. The molecule has 0 bridgehead atoms. The molecule has 1 atom stereocenters. The zero-order valence-corrected chi connectivity index (χ0v) is 15.5. The Morgan fingerprint density at radius 2 is 1.69 bits per heavy atom. The van der Waals surface area contributed by atoms with Crippen molar-refractivity contribution in [2.75, 3.05) is 35.9 Å². The third-order valence-corrected chi connectivity index (χ3v) is 6.16. The number of methoxy groups -OCH3 is 1. The van der Waals surface area contributed by atoms with Crippen LogP contribution in [0.4, 0.5) is 21.5 Å². The molecular weight excluding hydrogens is 357 g/mol. The van der Waals surface area contributed by atoms with Gasteiger partial charge in [0.1, 0.15) is 5.82 Å². The van der Waals surface area contributed by atoms with Crippen LogP contribution in [0.2, 0.25) is 0 Å². The van der Waals surface area contributed by atoms with Crippen LogP contribution in [0.15, 0.2) is 48.5 Å². The molecule has 0 spiro atoms. The van der Waals surface area contributed by atoms with Crippen LogP contribution in [0.3, 0.4) is 0 Å². The van der Waals surface area contributed by atoms with Gasteiger partial charge in [-0.1, -0.05) is 24.3 Å². The van der Waals surface area contributed by atoms with Gasteiger partial charge >= 0.3 is 10.2 Å². The van der Waals surface area contributed by atoms with Gasteiger partial charge in [-0.25, -0.2) is 8.70 Å². The second kappa shape index (κ2) is 7.61. The molecule has 140 valence electrons. The standard InChI is InChI=1S/C18H22FN3O3S/c1-20-13-14(25-2)11-12-21-17-9-5-6-10-18(17)22(26(21,23)24)16-8-4-3-7-15(16)19/h3-10,14,20H,11-13H2,1-2H3/t14-/m0/s1. The van der Waals surface area contributed by atoms with E-state index in [-0.39, 0.29) is 18.3 Å². The monoisotopic (exact) mass is 379 g/mol. The molecule has 2 aromatic rings. The van der Waals surface area contributed by atoms with Gasteiger partial charge in [0.15, 0.2) is 0 Å². The summed E-state index contributed by atoms with van der Waals surface area (Å²) >= 11 is 0. The highest BCUT2D eigenvalue weighted by atomic mass is 32.2. The van der Waals surface area contributed by atoms with Crippen molar-refractivity contribution in [1.29, 1.82) is 0 Å². The molecule has 26 heavy (non-hydrogen) atoms. The molecule has 0 unspecified atom stereocenters. The molecule has 0 amide bonds. The Bertz CT molecular complexity index is 875. The van der Waals surface area contributed by atoms with Crippen molar-refractivity contribution in [3.8, 4) is 0 Å². The van der Waals surface area contributed by atoms with Gasteiger partial charge in [0, 0.05) is 20.2 Å². The average molecular weight is 379 g/mol. The predicted octanol–water partition coefficient (Wildman–Crippen LogP) is 2.65. The van der Waals surface area contributed by atoms with Crippen molar-refractivity contribution in [1.82, 2.24) is 5.32 Å². The van der Waals surface area contributed by atoms with Crippen LogP contribution in [0.5, 0.6) is 0 Å². The minimum Gasteiger partial charge on any atom is -0.380 e. The first kappa shape index (κ1) is 18.6. The van der Waals surface area contributed by atoms with E-state index in [9.17, 15) is 12.8 Å². The minimum absolute atomic E-state index is 0.0148. The number of nitrogens with zero attached hydrogens (tertiary/aromatic N) is 2.